The van der Waals surface area contributed by atoms with Crippen molar-refractivity contribution in [3.8, 4) is 56.6 Å². The van der Waals surface area contributed by atoms with E-state index in [-0.39, 0.29) is 18.3 Å². The molecular formula is C52H40N2O4. The molecule has 0 unspecified atom stereocenters. The summed E-state index contributed by atoms with van der Waals surface area (Å²) in [6, 6.07) is 54.8. The maximum Gasteiger partial charge on any atom is 0.230 e. The van der Waals surface area contributed by atoms with Crippen molar-refractivity contribution >= 4 is 43.6 Å². The van der Waals surface area contributed by atoms with Crippen molar-refractivity contribution < 1.29 is 19.7 Å². The number of fused-ring (bicyclic) bond motifs is 6. The molecule has 0 amide bonds. The first kappa shape index (κ1) is 35.0. The summed E-state index contributed by atoms with van der Waals surface area (Å²) in [7, 11) is 0. The smallest absolute Gasteiger partial charge is 0.230 e. The summed E-state index contributed by atoms with van der Waals surface area (Å²) in [5.41, 5.74) is 10.7. The molecule has 282 valence electrons. The highest BCUT2D eigenvalue weighted by Crippen LogP contribution is 2.49. The van der Waals surface area contributed by atoms with Crippen molar-refractivity contribution in [2.24, 2.45) is 0 Å². The molecule has 6 nitrogen and oxygen atoms in total. The lowest BCUT2D eigenvalue weighted by molar-refractivity contribution is 0.121. The fraction of sp³-hybridized carbons (Fsp3) is 0.0769. The quantitative estimate of drug-likeness (QED) is 0.152. The average Bonchev–Trinajstić information content (AvgIpc) is 3.76. The molecule has 0 bridgehead atoms. The average molecular weight is 757 g/mol. The maximum atomic E-state index is 12.5. The number of phenols is 2. The number of hydrogen-bond acceptors (Lipinski definition) is 4. The van der Waals surface area contributed by atoms with Crippen molar-refractivity contribution in [2.45, 2.75) is 20.8 Å². The topological polar surface area (TPSA) is 68.8 Å². The second kappa shape index (κ2) is 13.9. The molecule has 0 radical (unpaired) electrons. The Hall–Kier alpha value is -7.44. The minimum absolute atomic E-state index is 0.105. The molecule has 8 aromatic carbocycles. The molecule has 0 aliphatic carbocycles. The van der Waals surface area contributed by atoms with Gasteiger partial charge in [-0.3, -0.25) is 0 Å². The summed E-state index contributed by atoms with van der Waals surface area (Å²) in [5.74, 6) is 1.37. The second-order valence-electron chi connectivity index (χ2n) is 15.0. The van der Waals surface area contributed by atoms with Crippen LogP contribution in [0.1, 0.15) is 16.7 Å². The number of benzene rings is 8. The third-order valence-electron chi connectivity index (χ3n) is 11.1. The first-order valence-electron chi connectivity index (χ1n) is 19.5. The van der Waals surface area contributed by atoms with E-state index in [0.717, 1.165) is 60.3 Å². The number of nitrogens with zero attached hydrogens (tertiary/aromatic N) is 2. The van der Waals surface area contributed by atoms with Gasteiger partial charge in [0.1, 0.15) is 23.0 Å². The summed E-state index contributed by atoms with van der Waals surface area (Å²) >= 11 is 0. The number of para-hydroxylation sites is 5. The van der Waals surface area contributed by atoms with E-state index in [1.54, 1.807) is 0 Å². The molecule has 10 aromatic rings. The van der Waals surface area contributed by atoms with Crippen molar-refractivity contribution in [3.05, 3.63) is 180 Å². The molecule has 0 saturated heterocycles. The fourth-order valence-electron chi connectivity index (χ4n) is 8.64. The van der Waals surface area contributed by atoms with Crippen LogP contribution in [-0.2, 0) is 0 Å². The number of aromatic hydroxyl groups is 2. The number of rotatable bonds is 8. The Morgan fingerprint density at radius 3 is 1.16 bits per heavy atom. The zero-order valence-corrected chi connectivity index (χ0v) is 32.4. The zero-order chi connectivity index (χ0) is 39.5. The van der Waals surface area contributed by atoms with Crippen molar-refractivity contribution in [3.63, 3.8) is 0 Å². The maximum absolute atomic E-state index is 12.5. The van der Waals surface area contributed by atoms with E-state index in [1.165, 1.54) is 0 Å². The van der Waals surface area contributed by atoms with Crippen LogP contribution in [-0.4, -0.2) is 26.1 Å². The molecular weight excluding hydrogens is 717 g/mol. The Bertz CT molecular complexity index is 2910. The van der Waals surface area contributed by atoms with E-state index in [1.807, 2.05) is 136 Å². The van der Waals surface area contributed by atoms with Gasteiger partial charge in [-0.2, -0.15) is 0 Å². The van der Waals surface area contributed by atoms with E-state index >= 15 is 0 Å². The predicted molar refractivity (Wildman–Crippen MR) is 236 cm³/mol. The van der Waals surface area contributed by atoms with E-state index in [9.17, 15) is 10.2 Å². The second-order valence-corrected chi connectivity index (χ2v) is 15.0. The molecule has 2 aromatic heterocycles. The SMILES string of the molecule is Cc1cc(-c2cc(C)cc(-n3c4ccccc4c4ccccc43)c2O)c(OCOc2ccccc2)c(-c2cc(C)cc(-n3c4ccccc4c4ccccc43)c2O)c1. The molecule has 0 fully saturated rings. The van der Waals surface area contributed by atoms with Crippen LogP contribution in [0.3, 0.4) is 0 Å². The van der Waals surface area contributed by atoms with E-state index in [4.69, 9.17) is 9.47 Å². The van der Waals surface area contributed by atoms with Crippen LogP contribution >= 0.6 is 0 Å². The van der Waals surface area contributed by atoms with Crippen LogP contribution in [0.4, 0.5) is 0 Å². The number of aryl methyl sites for hydroxylation is 3. The summed E-state index contributed by atoms with van der Waals surface area (Å²) in [4.78, 5) is 0. The van der Waals surface area contributed by atoms with E-state index in [0.29, 0.717) is 45.1 Å². The molecule has 10 rings (SSSR count). The highest BCUT2D eigenvalue weighted by molar-refractivity contribution is 6.11. The largest absolute Gasteiger partial charge is 0.505 e. The Morgan fingerprint density at radius 2 is 0.741 bits per heavy atom. The number of aromatic nitrogens is 2. The number of hydrogen-bond donors (Lipinski definition) is 2. The molecule has 0 spiro atoms. The number of ether oxygens (including phenoxy) is 2. The molecule has 58 heavy (non-hydrogen) atoms. The molecule has 0 aliphatic heterocycles. The third kappa shape index (κ3) is 5.72. The Labute approximate surface area is 336 Å². The standard InChI is InChI=1S/C52H40N2O4/c1-32-27-42(40-25-33(2)29-48(50(40)55)53-44-21-11-7-17-36(44)37-18-8-12-22-45(37)53)52(58-31-57-35-15-5-4-6-16-35)43(28-32)41-26-34(3)30-49(51(41)56)54-46-23-13-9-19-38(46)39-20-10-14-24-47(39)54/h4-30,55-56H,31H2,1-3H3. The summed E-state index contributed by atoms with van der Waals surface area (Å²) in [6.07, 6.45) is 0. The Morgan fingerprint density at radius 1 is 0.397 bits per heavy atom. The summed E-state index contributed by atoms with van der Waals surface area (Å²) in [5, 5.41) is 29.5. The number of phenolic OH excluding ortho intramolecular Hbond substituents is 2. The van der Waals surface area contributed by atoms with Crippen LogP contribution in [0.5, 0.6) is 23.0 Å². The monoisotopic (exact) mass is 756 g/mol. The molecule has 2 N–H and O–H groups in total. The molecule has 6 heteroatoms. The molecule has 0 atom stereocenters. The lowest BCUT2D eigenvalue weighted by Crippen LogP contribution is -2.08. The van der Waals surface area contributed by atoms with Gasteiger partial charge in [-0.15, -0.1) is 0 Å². The highest BCUT2D eigenvalue weighted by Gasteiger charge is 2.25. The van der Waals surface area contributed by atoms with Gasteiger partial charge in [-0.25, -0.2) is 0 Å². The van der Waals surface area contributed by atoms with Gasteiger partial charge in [0, 0.05) is 43.8 Å². The van der Waals surface area contributed by atoms with Gasteiger partial charge in [0.25, 0.3) is 0 Å². The minimum atomic E-state index is -0.105. The van der Waals surface area contributed by atoms with Crippen LogP contribution in [0, 0.1) is 20.8 Å². The van der Waals surface area contributed by atoms with Crippen molar-refractivity contribution in [1.82, 2.24) is 9.13 Å². The van der Waals surface area contributed by atoms with E-state index < -0.39 is 0 Å². The lowest BCUT2D eigenvalue weighted by atomic mass is 9.91. The Balaban J connectivity index is 1.21. The van der Waals surface area contributed by atoms with Gasteiger partial charge < -0.3 is 28.8 Å². The van der Waals surface area contributed by atoms with Gasteiger partial charge in [-0.1, -0.05) is 91.0 Å². The van der Waals surface area contributed by atoms with Crippen LogP contribution < -0.4 is 9.47 Å². The summed E-state index contributed by atoms with van der Waals surface area (Å²) < 4.78 is 17.1. The lowest BCUT2D eigenvalue weighted by Gasteiger charge is -2.22. The van der Waals surface area contributed by atoms with Crippen LogP contribution in [0.15, 0.2) is 164 Å². The first-order chi connectivity index (χ1) is 28.4. The van der Waals surface area contributed by atoms with Gasteiger partial charge in [0.15, 0.2) is 0 Å². The molecule has 2 heterocycles. The highest BCUT2D eigenvalue weighted by atomic mass is 16.7. The Kier molecular flexibility index (Phi) is 8.41. The molecule has 0 saturated carbocycles. The summed E-state index contributed by atoms with van der Waals surface area (Å²) in [6.45, 7) is 6.01. The predicted octanol–water partition coefficient (Wildman–Crippen LogP) is 13.0. The first-order valence-corrected chi connectivity index (χ1v) is 19.5. The molecule has 0 aliphatic rings. The van der Waals surface area contributed by atoms with Crippen molar-refractivity contribution in [2.75, 3.05) is 6.79 Å². The third-order valence-corrected chi connectivity index (χ3v) is 11.1. The van der Waals surface area contributed by atoms with Gasteiger partial charge in [0.2, 0.25) is 6.79 Å². The van der Waals surface area contributed by atoms with Crippen LogP contribution in [0.25, 0.3) is 77.2 Å². The zero-order valence-electron chi connectivity index (χ0n) is 32.4. The van der Waals surface area contributed by atoms with Gasteiger partial charge >= 0.3 is 0 Å². The fourth-order valence-corrected chi connectivity index (χ4v) is 8.64. The van der Waals surface area contributed by atoms with Crippen molar-refractivity contribution in [1.29, 1.82) is 0 Å². The normalized spacial score (nSPS) is 11.6. The van der Waals surface area contributed by atoms with Crippen LogP contribution in [0.2, 0.25) is 0 Å². The van der Waals surface area contributed by atoms with Gasteiger partial charge in [0.05, 0.1) is 33.4 Å². The van der Waals surface area contributed by atoms with Gasteiger partial charge in [-0.05, 0) is 110 Å². The van der Waals surface area contributed by atoms with E-state index in [2.05, 4.69) is 57.7 Å². The minimum Gasteiger partial charge on any atom is -0.505 e.